The van der Waals surface area contributed by atoms with Crippen LogP contribution in [0.4, 0.5) is 0 Å². The molecule has 0 saturated heterocycles. The van der Waals surface area contributed by atoms with Crippen molar-refractivity contribution >= 4 is 5.91 Å². The molecular weight excluding hydrogens is 176 g/mol. The molecule has 0 aromatic carbocycles. The molecule has 84 valence electrons. The topological polar surface area (TPSA) is 55.1 Å². The van der Waals surface area contributed by atoms with Crippen LogP contribution in [0.15, 0.2) is 0 Å². The van der Waals surface area contributed by atoms with Gasteiger partial charge >= 0.3 is 0 Å². The number of amides is 1. The summed E-state index contributed by atoms with van der Waals surface area (Å²) in [5.74, 6) is 0.00885. The predicted octanol–water partition coefficient (Wildman–Crippen LogP) is 1.81. The van der Waals surface area contributed by atoms with Crippen molar-refractivity contribution in [2.45, 2.75) is 58.4 Å². The number of carbonyl (C=O) groups is 1. The van der Waals surface area contributed by atoms with E-state index in [9.17, 15) is 4.79 Å². The van der Waals surface area contributed by atoms with E-state index in [0.29, 0.717) is 0 Å². The highest BCUT2D eigenvalue weighted by molar-refractivity contribution is 5.81. The van der Waals surface area contributed by atoms with Gasteiger partial charge in [0.1, 0.15) is 0 Å². The molecule has 3 N–H and O–H groups in total. The zero-order valence-electron chi connectivity index (χ0n) is 9.51. The Balaban J connectivity index is 3.44. The predicted molar refractivity (Wildman–Crippen MR) is 60.0 cm³/mol. The van der Waals surface area contributed by atoms with Crippen molar-refractivity contribution in [3.63, 3.8) is 0 Å². The van der Waals surface area contributed by atoms with Gasteiger partial charge in [0.2, 0.25) is 5.91 Å². The van der Waals surface area contributed by atoms with Crippen LogP contribution in [0.5, 0.6) is 0 Å². The summed E-state index contributed by atoms with van der Waals surface area (Å²) in [6, 6.07) is -0.307. The monoisotopic (exact) mass is 200 g/mol. The van der Waals surface area contributed by atoms with Crippen molar-refractivity contribution in [1.82, 2.24) is 5.32 Å². The molecule has 0 saturated carbocycles. The number of rotatable bonds is 8. The Kier molecular flexibility index (Phi) is 8.64. The van der Waals surface area contributed by atoms with Gasteiger partial charge in [0.05, 0.1) is 6.04 Å². The molecule has 0 fully saturated rings. The minimum Gasteiger partial charge on any atom is -0.355 e. The molecule has 1 atom stereocenters. The fraction of sp³-hybridized carbons (Fsp3) is 0.909. The maximum absolute atomic E-state index is 11.4. The van der Waals surface area contributed by atoms with Gasteiger partial charge in [-0.2, -0.15) is 0 Å². The van der Waals surface area contributed by atoms with Gasteiger partial charge in [0.25, 0.3) is 0 Å². The van der Waals surface area contributed by atoms with Crippen molar-refractivity contribution in [3.05, 3.63) is 0 Å². The van der Waals surface area contributed by atoms with Gasteiger partial charge in [-0.15, -0.1) is 0 Å². The van der Waals surface area contributed by atoms with Crippen LogP contribution < -0.4 is 11.1 Å². The lowest BCUT2D eigenvalue weighted by atomic mass is 10.1. The molecule has 0 aliphatic carbocycles. The van der Waals surface area contributed by atoms with E-state index in [-0.39, 0.29) is 11.9 Å². The van der Waals surface area contributed by atoms with Crippen LogP contribution in [0.1, 0.15) is 52.4 Å². The van der Waals surface area contributed by atoms with Gasteiger partial charge in [-0.25, -0.2) is 0 Å². The first-order valence-corrected chi connectivity index (χ1v) is 5.75. The molecule has 1 amide bonds. The van der Waals surface area contributed by atoms with Gasteiger partial charge in [-0.05, 0) is 12.8 Å². The molecule has 0 bridgehead atoms. The molecule has 0 aliphatic heterocycles. The van der Waals surface area contributed by atoms with Crippen molar-refractivity contribution in [1.29, 1.82) is 0 Å². The van der Waals surface area contributed by atoms with E-state index in [1.54, 1.807) is 0 Å². The summed E-state index contributed by atoms with van der Waals surface area (Å²) in [6.45, 7) is 5.01. The largest absolute Gasteiger partial charge is 0.355 e. The molecule has 1 unspecified atom stereocenters. The number of nitrogens with one attached hydrogen (secondary N) is 1. The van der Waals surface area contributed by atoms with E-state index in [4.69, 9.17) is 5.73 Å². The van der Waals surface area contributed by atoms with E-state index >= 15 is 0 Å². The summed E-state index contributed by atoms with van der Waals surface area (Å²) >= 11 is 0. The van der Waals surface area contributed by atoms with Crippen molar-refractivity contribution in [2.24, 2.45) is 5.73 Å². The van der Waals surface area contributed by atoms with Gasteiger partial charge < -0.3 is 11.1 Å². The van der Waals surface area contributed by atoms with Crippen LogP contribution in [-0.4, -0.2) is 18.5 Å². The number of hydrogen-bond acceptors (Lipinski definition) is 2. The lowest BCUT2D eigenvalue weighted by molar-refractivity contribution is -0.122. The molecule has 0 aromatic heterocycles. The van der Waals surface area contributed by atoms with Gasteiger partial charge in [0.15, 0.2) is 0 Å². The van der Waals surface area contributed by atoms with Crippen LogP contribution in [0.3, 0.4) is 0 Å². The average Bonchev–Trinajstić information content (AvgIpc) is 2.18. The fourth-order valence-electron chi connectivity index (χ4n) is 1.26. The van der Waals surface area contributed by atoms with Crippen LogP contribution in [0, 0.1) is 0 Å². The number of unbranched alkanes of at least 4 members (excludes halogenated alkanes) is 3. The quantitative estimate of drug-likeness (QED) is 0.587. The molecule has 3 nitrogen and oxygen atoms in total. The van der Waals surface area contributed by atoms with Crippen LogP contribution in [0.25, 0.3) is 0 Å². The normalized spacial score (nSPS) is 12.5. The standard InChI is InChI=1S/C11H24N2O/c1-3-5-7-8-10(12)11(14)13-9-6-4-2/h10H,3-9,12H2,1-2H3,(H,13,14). The average molecular weight is 200 g/mol. The van der Waals surface area contributed by atoms with Gasteiger partial charge in [0, 0.05) is 6.54 Å². The molecular formula is C11H24N2O. The fourth-order valence-corrected chi connectivity index (χ4v) is 1.26. The second-order valence-electron chi connectivity index (χ2n) is 3.75. The van der Waals surface area contributed by atoms with Gasteiger partial charge in [-0.3, -0.25) is 4.79 Å². The smallest absolute Gasteiger partial charge is 0.236 e. The van der Waals surface area contributed by atoms with E-state index in [2.05, 4.69) is 19.2 Å². The first-order valence-electron chi connectivity index (χ1n) is 5.75. The molecule has 3 heteroatoms. The SMILES string of the molecule is CCCCCC(N)C(=O)NCCCC. The third-order valence-corrected chi connectivity index (χ3v) is 2.29. The second-order valence-corrected chi connectivity index (χ2v) is 3.75. The van der Waals surface area contributed by atoms with Crippen molar-refractivity contribution in [2.75, 3.05) is 6.54 Å². The third-order valence-electron chi connectivity index (χ3n) is 2.29. The Labute approximate surface area is 87.4 Å². The Hall–Kier alpha value is -0.570. The lowest BCUT2D eigenvalue weighted by Gasteiger charge is -2.11. The zero-order valence-corrected chi connectivity index (χ0v) is 9.51. The summed E-state index contributed by atoms with van der Waals surface area (Å²) in [5, 5.41) is 2.85. The van der Waals surface area contributed by atoms with E-state index in [1.165, 1.54) is 6.42 Å². The molecule has 0 aromatic rings. The zero-order chi connectivity index (χ0) is 10.8. The van der Waals surface area contributed by atoms with Gasteiger partial charge in [-0.1, -0.05) is 39.5 Å². The Morgan fingerprint density at radius 3 is 2.43 bits per heavy atom. The van der Waals surface area contributed by atoms with Crippen LogP contribution in [-0.2, 0) is 4.79 Å². The second kappa shape index (κ2) is 9.00. The Bertz CT molecular complexity index is 148. The number of hydrogen-bond donors (Lipinski definition) is 2. The van der Waals surface area contributed by atoms with Crippen LogP contribution in [0.2, 0.25) is 0 Å². The number of carbonyl (C=O) groups excluding carboxylic acids is 1. The molecule has 0 rings (SSSR count). The third kappa shape index (κ3) is 6.89. The summed E-state index contributed by atoms with van der Waals surface area (Å²) in [5.41, 5.74) is 5.73. The Morgan fingerprint density at radius 1 is 1.21 bits per heavy atom. The van der Waals surface area contributed by atoms with Crippen molar-refractivity contribution < 1.29 is 4.79 Å². The molecule has 14 heavy (non-hydrogen) atoms. The highest BCUT2D eigenvalue weighted by atomic mass is 16.2. The van der Waals surface area contributed by atoms with E-state index in [0.717, 1.165) is 38.6 Å². The Morgan fingerprint density at radius 2 is 1.86 bits per heavy atom. The molecule has 0 aliphatic rings. The van der Waals surface area contributed by atoms with Crippen molar-refractivity contribution in [3.8, 4) is 0 Å². The lowest BCUT2D eigenvalue weighted by Crippen LogP contribution is -2.40. The highest BCUT2D eigenvalue weighted by Gasteiger charge is 2.11. The minimum absolute atomic E-state index is 0.00885. The van der Waals surface area contributed by atoms with E-state index in [1.807, 2.05) is 0 Å². The summed E-state index contributed by atoms with van der Waals surface area (Å²) in [6.07, 6.45) is 6.34. The highest BCUT2D eigenvalue weighted by Crippen LogP contribution is 2.01. The maximum Gasteiger partial charge on any atom is 0.236 e. The summed E-state index contributed by atoms with van der Waals surface area (Å²) in [7, 11) is 0. The number of nitrogens with two attached hydrogens (primary N) is 1. The van der Waals surface area contributed by atoms with E-state index < -0.39 is 0 Å². The van der Waals surface area contributed by atoms with Crippen LogP contribution >= 0.6 is 0 Å². The molecule has 0 heterocycles. The minimum atomic E-state index is -0.307. The molecule has 0 spiro atoms. The summed E-state index contributed by atoms with van der Waals surface area (Å²) < 4.78 is 0. The summed E-state index contributed by atoms with van der Waals surface area (Å²) in [4.78, 5) is 11.4. The first-order chi connectivity index (χ1) is 6.72. The molecule has 0 radical (unpaired) electrons. The first kappa shape index (κ1) is 13.4. The maximum atomic E-state index is 11.4.